The minimum absolute atomic E-state index is 0. The number of halogens is 5. The molecule has 1 aliphatic heterocycles. The Kier molecular flexibility index (Phi) is 16.5. The summed E-state index contributed by atoms with van der Waals surface area (Å²) < 4.78 is 56.0. The molecule has 20 heteroatoms. The summed E-state index contributed by atoms with van der Waals surface area (Å²) in [5.41, 5.74) is 9.94. The molecular weight excluding hydrogens is 874 g/mol. The van der Waals surface area contributed by atoms with E-state index in [4.69, 9.17) is 10.8 Å². The molecule has 6 rings (SSSR count). The third kappa shape index (κ3) is 11.9. The molecule has 2 fully saturated rings. The average Bonchev–Trinajstić information content (AvgIpc) is 3.80. The Morgan fingerprint density at radius 3 is 2.11 bits per heavy atom. The van der Waals surface area contributed by atoms with Gasteiger partial charge in [0.2, 0.25) is 23.5 Å². The number of nitrogens with one attached hydrogen (secondary N) is 4. The van der Waals surface area contributed by atoms with E-state index in [1.165, 1.54) is 24.3 Å². The minimum Gasteiger partial charge on any atom is -0.477 e. The maximum absolute atomic E-state index is 14.3. The van der Waals surface area contributed by atoms with Crippen molar-refractivity contribution in [3.8, 4) is 22.5 Å². The number of aromatic nitrogens is 3. The smallest absolute Gasteiger partial charge is 0.411 e. The Bertz CT molecular complexity index is 2310. The highest BCUT2D eigenvalue weighted by molar-refractivity contribution is 5.98. The number of rotatable bonds is 16. The highest BCUT2D eigenvalue weighted by Crippen LogP contribution is 2.42. The number of aliphatic carboxylic acids is 1. The van der Waals surface area contributed by atoms with Crippen LogP contribution in [0.4, 0.5) is 23.2 Å². The van der Waals surface area contributed by atoms with E-state index in [-0.39, 0.29) is 66.1 Å². The van der Waals surface area contributed by atoms with E-state index < -0.39 is 35.6 Å². The van der Waals surface area contributed by atoms with Crippen LogP contribution in [0.25, 0.3) is 22.5 Å². The van der Waals surface area contributed by atoms with Crippen molar-refractivity contribution in [2.24, 2.45) is 17.6 Å². The van der Waals surface area contributed by atoms with Crippen LogP contribution in [0.1, 0.15) is 65.8 Å². The molecule has 1 aromatic heterocycles. The van der Waals surface area contributed by atoms with E-state index in [0.717, 1.165) is 47.9 Å². The lowest BCUT2D eigenvalue weighted by Crippen LogP contribution is -2.48. The summed E-state index contributed by atoms with van der Waals surface area (Å²) >= 11 is 0. The lowest BCUT2D eigenvalue weighted by molar-refractivity contribution is -0.231. The van der Waals surface area contributed by atoms with Gasteiger partial charge in [-0.15, -0.1) is 22.6 Å². The summed E-state index contributed by atoms with van der Waals surface area (Å²) in [6, 6.07) is 17.7. The Morgan fingerprint density at radius 1 is 0.892 bits per heavy atom. The predicted molar refractivity (Wildman–Crippen MR) is 237 cm³/mol. The van der Waals surface area contributed by atoms with Crippen LogP contribution in [0.3, 0.4) is 0 Å². The molecule has 4 amide bonds. The molecule has 15 nitrogen and oxygen atoms in total. The zero-order valence-corrected chi connectivity index (χ0v) is 37.0. The third-order valence-electron chi connectivity index (χ3n) is 12.2. The largest absolute Gasteiger partial charge is 0.477 e. The predicted octanol–water partition coefficient (Wildman–Crippen LogP) is 5.39. The van der Waals surface area contributed by atoms with Crippen LogP contribution >= 0.6 is 12.4 Å². The first kappa shape index (κ1) is 50.1. The number of alkyl halides is 4. The molecule has 0 bridgehead atoms. The van der Waals surface area contributed by atoms with Gasteiger partial charge in [-0.1, -0.05) is 30.3 Å². The number of benzene rings is 3. The third-order valence-corrected chi connectivity index (χ3v) is 12.2. The average molecular weight is 928 g/mol. The van der Waals surface area contributed by atoms with Gasteiger partial charge in [-0.05, 0) is 131 Å². The molecule has 0 unspecified atom stereocenters. The lowest BCUT2D eigenvalue weighted by Gasteiger charge is -2.35. The van der Waals surface area contributed by atoms with Crippen molar-refractivity contribution in [2.45, 2.75) is 75.8 Å². The van der Waals surface area contributed by atoms with Gasteiger partial charge in [-0.3, -0.25) is 19.2 Å². The highest BCUT2D eigenvalue weighted by atomic mass is 35.5. The SMILES string of the molecule is Cc1cc(C(=O)NCC(=O)N2CCC(N(C)C)CC2)ccc1-c1ccc(C[C@H](NC(=O)[C@H]2CC[C@H](CN)CC2)C(=O)Nc2ccc(-c3nnc(C(F)(F)C(F)(F)C(=O)O)[nH]3)cc2)cc1.Cl. The van der Waals surface area contributed by atoms with Crippen molar-refractivity contribution in [2.75, 3.05) is 45.6 Å². The van der Waals surface area contributed by atoms with Gasteiger partial charge in [0.05, 0.1) is 6.54 Å². The summed E-state index contributed by atoms with van der Waals surface area (Å²) in [6.07, 6.45) is 4.76. The number of H-pyrrole nitrogens is 1. The summed E-state index contributed by atoms with van der Waals surface area (Å²) in [5, 5.41) is 23.6. The van der Waals surface area contributed by atoms with Crippen LogP contribution in [0.15, 0.2) is 66.7 Å². The molecule has 350 valence electrons. The number of nitrogens with two attached hydrogens (primary N) is 1. The Morgan fingerprint density at radius 2 is 1.52 bits per heavy atom. The molecule has 4 aromatic rings. The number of carbonyl (C=O) groups is 5. The van der Waals surface area contributed by atoms with Gasteiger partial charge in [-0.2, -0.15) is 17.6 Å². The van der Waals surface area contributed by atoms with Crippen LogP contribution in [0.2, 0.25) is 0 Å². The Balaban J connectivity index is 0.00000793. The molecule has 2 heterocycles. The number of carboxylic acid groups (broad SMARTS) is 1. The maximum Gasteiger partial charge on any atom is 0.411 e. The first-order valence-electron chi connectivity index (χ1n) is 21.1. The number of amides is 4. The Labute approximate surface area is 379 Å². The molecule has 1 saturated heterocycles. The molecule has 0 spiro atoms. The molecule has 65 heavy (non-hydrogen) atoms. The number of carbonyl (C=O) groups excluding carboxylic acids is 4. The molecule has 0 radical (unpaired) electrons. The lowest BCUT2D eigenvalue weighted by atomic mass is 9.81. The number of nitrogens with zero attached hydrogens (tertiary/aromatic N) is 4. The monoisotopic (exact) mass is 927 g/mol. The van der Waals surface area contributed by atoms with Crippen LogP contribution < -0.4 is 21.7 Å². The number of anilines is 1. The number of piperidine rings is 1. The quantitative estimate of drug-likeness (QED) is 0.0788. The number of aromatic amines is 1. The van der Waals surface area contributed by atoms with Gasteiger partial charge in [-0.25, -0.2) is 4.79 Å². The van der Waals surface area contributed by atoms with Gasteiger partial charge < -0.3 is 41.6 Å². The van der Waals surface area contributed by atoms with Crippen molar-refractivity contribution >= 4 is 47.7 Å². The first-order chi connectivity index (χ1) is 30.4. The number of carboxylic acids is 1. The first-order valence-corrected chi connectivity index (χ1v) is 21.1. The summed E-state index contributed by atoms with van der Waals surface area (Å²) in [4.78, 5) is 69.9. The number of likely N-dealkylation sites (tertiary alicyclic amines) is 1. The molecule has 1 atom stereocenters. The number of hydrogen-bond acceptors (Lipinski definition) is 9. The zero-order valence-electron chi connectivity index (χ0n) is 36.2. The zero-order chi connectivity index (χ0) is 46.3. The summed E-state index contributed by atoms with van der Waals surface area (Å²) in [6.45, 7) is 3.64. The molecule has 1 saturated carbocycles. The molecule has 2 aliphatic rings. The molecular formula is C45H54ClF4N9O6. The van der Waals surface area contributed by atoms with E-state index in [1.54, 1.807) is 17.0 Å². The van der Waals surface area contributed by atoms with Crippen LogP contribution in [0.5, 0.6) is 0 Å². The Hall–Kier alpha value is -5.92. The van der Waals surface area contributed by atoms with Crippen molar-refractivity contribution in [1.82, 2.24) is 35.6 Å². The fraction of sp³-hybridized carbons (Fsp3) is 0.444. The van der Waals surface area contributed by atoms with Crippen molar-refractivity contribution in [1.29, 1.82) is 0 Å². The van der Waals surface area contributed by atoms with E-state index in [1.807, 2.05) is 56.3 Å². The van der Waals surface area contributed by atoms with Gasteiger partial charge in [0.1, 0.15) is 6.04 Å². The van der Waals surface area contributed by atoms with Crippen molar-refractivity contribution in [3.05, 3.63) is 89.2 Å². The van der Waals surface area contributed by atoms with E-state index in [0.29, 0.717) is 50.0 Å². The topological polar surface area (TPSA) is 216 Å². The van der Waals surface area contributed by atoms with Gasteiger partial charge in [0, 0.05) is 48.3 Å². The highest BCUT2D eigenvalue weighted by Gasteiger charge is 2.65. The van der Waals surface area contributed by atoms with Gasteiger partial charge >= 0.3 is 17.8 Å². The number of aryl methyl sites for hydroxylation is 1. The number of hydrogen-bond donors (Lipinski definition) is 6. The normalized spacial score (nSPS) is 17.5. The van der Waals surface area contributed by atoms with Gasteiger partial charge in [0.15, 0.2) is 5.82 Å². The van der Waals surface area contributed by atoms with Crippen molar-refractivity contribution < 1.29 is 46.6 Å². The van der Waals surface area contributed by atoms with Crippen LogP contribution in [0, 0.1) is 18.8 Å². The fourth-order valence-corrected chi connectivity index (χ4v) is 8.10. The van der Waals surface area contributed by atoms with Gasteiger partial charge in [0.25, 0.3) is 5.91 Å². The summed E-state index contributed by atoms with van der Waals surface area (Å²) in [5.74, 6) is -16.9. The van der Waals surface area contributed by atoms with Crippen molar-refractivity contribution in [3.63, 3.8) is 0 Å². The fourth-order valence-electron chi connectivity index (χ4n) is 8.10. The second-order valence-corrected chi connectivity index (χ2v) is 16.7. The minimum atomic E-state index is -5.45. The van der Waals surface area contributed by atoms with E-state index in [9.17, 15) is 41.5 Å². The van der Waals surface area contributed by atoms with Crippen LogP contribution in [-0.4, -0.2) is 118 Å². The molecule has 1 aliphatic carbocycles. The van der Waals surface area contributed by atoms with Crippen LogP contribution in [-0.2, 0) is 31.5 Å². The second kappa shape index (κ2) is 21.4. The molecule has 7 N–H and O–H groups in total. The summed E-state index contributed by atoms with van der Waals surface area (Å²) in [7, 11) is 4.06. The van der Waals surface area contributed by atoms with E-state index >= 15 is 0 Å². The molecule has 3 aromatic carbocycles. The standard InChI is InChI=1S/C45H53F4N9O6.ClH/c1-26-22-32(39(60)51-25-37(59)58-20-18-34(19-21-58)57(2)3)14-17-35(26)29-8-4-27(5-9-29)23-36(53-40(61)31-10-6-28(24-50)7-11-31)41(62)52-33-15-12-30(13-16-33)38-54-42(56-55-38)44(46,47)45(48,49)43(63)64;/h4-5,8-9,12-17,22,28,31,34,36H,6-7,10-11,18-21,23-25,50H2,1-3H3,(H,51,60)(H,52,62)(H,53,61)(H,63,64)(H,54,55,56);1H/t28-,31-,36-;/m0./s1. The van der Waals surface area contributed by atoms with E-state index in [2.05, 4.69) is 31.0 Å². The maximum atomic E-state index is 14.3. The second-order valence-electron chi connectivity index (χ2n) is 16.7.